The van der Waals surface area contributed by atoms with Gasteiger partial charge in [-0.2, -0.15) is 0 Å². The van der Waals surface area contributed by atoms with E-state index in [4.69, 9.17) is 9.15 Å². The van der Waals surface area contributed by atoms with Crippen molar-refractivity contribution in [3.8, 4) is 39.4 Å². The minimum Gasteiger partial charge on any atom is -0.456 e. The third-order valence-electron chi connectivity index (χ3n) is 10.4. The van der Waals surface area contributed by atoms with Crippen LogP contribution in [0.1, 0.15) is 30.4 Å². The molecule has 0 saturated heterocycles. The molecule has 0 amide bonds. The smallest absolute Gasteiger partial charge is 0.152 e. The molecule has 3 nitrogen and oxygen atoms in total. The van der Waals surface area contributed by atoms with Gasteiger partial charge < -0.3 is 13.7 Å². The van der Waals surface area contributed by atoms with Gasteiger partial charge in [0.2, 0.25) is 0 Å². The van der Waals surface area contributed by atoms with Gasteiger partial charge in [-0.15, -0.1) is 0 Å². The van der Waals surface area contributed by atoms with E-state index in [0.717, 1.165) is 57.5 Å². The van der Waals surface area contributed by atoms with Crippen LogP contribution in [0.2, 0.25) is 0 Å². The van der Waals surface area contributed by atoms with Gasteiger partial charge in [0, 0.05) is 21.5 Å². The molecule has 0 spiro atoms. The number of para-hydroxylation sites is 4. The molecule has 0 saturated carbocycles. The molecule has 3 heterocycles. The van der Waals surface area contributed by atoms with Crippen molar-refractivity contribution in [3.05, 3.63) is 163 Å². The quantitative estimate of drug-likeness (QED) is 0.183. The van der Waals surface area contributed by atoms with Crippen molar-refractivity contribution in [2.75, 3.05) is 0 Å². The standard InChI is InChI=1S/C46H33NO2/c1-2-30(26-29-18-20-31(21-19-29)32-22-24-37-36-12-5-7-15-42(36)48-45(37)28-32)34-10-3-4-11-35(34)33-23-25-40-39(27-33)38-13-9-17-44-46(38)47(40)41-14-6-8-16-43(41)49-44/h3-25,27-28,30H,2,26H2,1H3. The molecule has 10 rings (SSSR count). The molecule has 0 N–H and O–H groups in total. The van der Waals surface area contributed by atoms with Gasteiger partial charge in [0.25, 0.3) is 0 Å². The Morgan fingerprint density at radius 2 is 1.29 bits per heavy atom. The lowest BCUT2D eigenvalue weighted by Gasteiger charge is -2.21. The fraction of sp³-hybridized carbons (Fsp3) is 0.0870. The fourth-order valence-electron chi connectivity index (χ4n) is 8.00. The van der Waals surface area contributed by atoms with Gasteiger partial charge in [-0.05, 0) is 101 Å². The molecule has 0 radical (unpaired) electrons. The molecule has 1 unspecified atom stereocenters. The first-order valence-electron chi connectivity index (χ1n) is 17.2. The SMILES string of the molecule is CCC(Cc1ccc(-c2ccc3c(c2)oc2ccccc23)cc1)c1ccccc1-c1ccc2c(c1)c1cccc3c1n2-c1ccccc1O3. The second-order valence-electron chi connectivity index (χ2n) is 13.2. The highest BCUT2D eigenvalue weighted by Crippen LogP contribution is 2.46. The van der Waals surface area contributed by atoms with Gasteiger partial charge in [-0.3, -0.25) is 0 Å². The Morgan fingerprint density at radius 1 is 0.551 bits per heavy atom. The largest absolute Gasteiger partial charge is 0.456 e. The van der Waals surface area contributed by atoms with Crippen molar-refractivity contribution in [1.82, 2.24) is 4.57 Å². The topological polar surface area (TPSA) is 27.3 Å². The second-order valence-corrected chi connectivity index (χ2v) is 13.2. The zero-order valence-electron chi connectivity index (χ0n) is 27.2. The molecule has 7 aromatic carbocycles. The summed E-state index contributed by atoms with van der Waals surface area (Å²) in [5, 5.41) is 4.78. The summed E-state index contributed by atoms with van der Waals surface area (Å²) in [7, 11) is 0. The van der Waals surface area contributed by atoms with E-state index in [1.807, 2.05) is 24.3 Å². The van der Waals surface area contributed by atoms with E-state index in [1.165, 1.54) is 49.7 Å². The highest BCUT2D eigenvalue weighted by molar-refractivity contribution is 6.13. The number of aromatic nitrogens is 1. The maximum Gasteiger partial charge on any atom is 0.152 e. The number of hydrogen-bond donors (Lipinski definition) is 0. The Bertz CT molecular complexity index is 2710. The van der Waals surface area contributed by atoms with E-state index in [9.17, 15) is 0 Å². The first-order valence-corrected chi connectivity index (χ1v) is 17.2. The van der Waals surface area contributed by atoms with E-state index < -0.39 is 0 Å². The Kier molecular flexibility index (Phi) is 6.29. The van der Waals surface area contributed by atoms with E-state index in [0.29, 0.717) is 5.92 Å². The average Bonchev–Trinajstić information content (AvgIpc) is 3.70. The zero-order chi connectivity index (χ0) is 32.5. The molecule has 0 bridgehead atoms. The Hall–Kier alpha value is -6.06. The molecule has 3 heteroatoms. The van der Waals surface area contributed by atoms with Crippen LogP contribution in [0.3, 0.4) is 0 Å². The van der Waals surface area contributed by atoms with Crippen LogP contribution in [0, 0.1) is 0 Å². The van der Waals surface area contributed by atoms with E-state index in [-0.39, 0.29) is 0 Å². The summed E-state index contributed by atoms with van der Waals surface area (Å²) in [6, 6.07) is 54.5. The number of hydrogen-bond acceptors (Lipinski definition) is 2. The van der Waals surface area contributed by atoms with Crippen LogP contribution < -0.4 is 4.74 Å². The van der Waals surface area contributed by atoms with Gasteiger partial charge >= 0.3 is 0 Å². The van der Waals surface area contributed by atoms with Gasteiger partial charge in [0.15, 0.2) is 11.5 Å². The number of fused-ring (bicyclic) bond motifs is 8. The monoisotopic (exact) mass is 631 g/mol. The average molecular weight is 632 g/mol. The predicted octanol–water partition coefficient (Wildman–Crippen LogP) is 12.9. The van der Waals surface area contributed by atoms with Crippen LogP contribution in [0.25, 0.3) is 71.7 Å². The first-order chi connectivity index (χ1) is 24.2. The number of ether oxygens (including phenoxy) is 1. The normalized spacial score (nSPS) is 12.8. The Balaban J connectivity index is 0.986. The highest BCUT2D eigenvalue weighted by Gasteiger charge is 2.24. The van der Waals surface area contributed by atoms with Gasteiger partial charge in [0.1, 0.15) is 11.2 Å². The summed E-state index contributed by atoms with van der Waals surface area (Å²) in [6.45, 7) is 2.31. The van der Waals surface area contributed by atoms with Gasteiger partial charge in [-0.1, -0.05) is 110 Å². The minimum absolute atomic E-state index is 0.389. The summed E-state index contributed by atoms with van der Waals surface area (Å²) in [4.78, 5) is 0. The summed E-state index contributed by atoms with van der Waals surface area (Å²) < 4.78 is 14.9. The molecule has 49 heavy (non-hydrogen) atoms. The number of rotatable bonds is 6. The molecule has 2 aromatic heterocycles. The molecule has 0 fully saturated rings. The second kappa shape index (κ2) is 11.0. The summed E-state index contributed by atoms with van der Waals surface area (Å²) >= 11 is 0. The zero-order valence-corrected chi connectivity index (χ0v) is 27.2. The molecule has 9 aromatic rings. The van der Waals surface area contributed by atoms with Gasteiger partial charge in [0.05, 0.1) is 16.7 Å². The third kappa shape index (κ3) is 4.43. The molecular formula is C46H33NO2. The molecular weight excluding hydrogens is 599 g/mol. The first kappa shape index (κ1) is 28.0. The van der Waals surface area contributed by atoms with Crippen molar-refractivity contribution in [3.63, 3.8) is 0 Å². The van der Waals surface area contributed by atoms with Crippen molar-refractivity contribution in [2.45, 2.75) is 25.7 Å². The van der Waals surface area contributed by atoms with Crippen molar-refractivity contribution < 1.29 is 9.15 Å². The van der Waals surface area contributed by atoms with Crippen LogP contribution in [-0.4, -0.2) is 4.57 Å². The lowest BCUT2D eigenvalue weighted by molar-refractivity contribution is 0.476. The number of furan rings is 1. The Labute approximate surface area is 284 Å². The molecule has 1 aliphatic rings. The summed E-state index contributed by atoms with van der Waals surface area (Å²) in [5.74, 6) is 2.18. The molecule has 0 aliphatic carbocycles. The Morgan fingerprint density at radius 3 is 2.20 bits per heavy atom. The van der Waals surface area contributed by atoms with E-state index in [2.05, 4.69) is 139 Å². The summed E-state index contributed by atoms with van der Waals surface area (Å²) in [6.07, 6.45) is 2.04. The van der Waals surface area contributed by atoms with Crippen LogP contribution in [-0.2, 0) is 6.42 Å². The highest BCUT2D eigenvalue weighted by atomic mass is 16.5. The maximum atomic E-state index is 6.35. The van der Waals surface area contributed by atoms with E-state index in [1.54, 1.807) is 0 Å². The van der Waals surface area contributed by atoms with Crippen LogP contribution >= 0.6 is 0 Å². The molecule has 1 aliphatic heterocycles. The lowest BCUT2D eigenvalue weighted by Crippen LogP contribution is -2.04. The van der Waals surface area contributed by atoms with Crippen molar-refractivity contribution >= 4 is 43.7 Å². The molecule has 1 atom stereocenters. The third-order valence-corrected chi connectivity index (χ3v) is 10.4. The van der Waals surface area contributed by atoms with E-state index >= 15 is 0 Å². The van der Waals surface area contributed by atoms with Crippen molar-refractivity contribution in [1.29, 1.82) is 0 Å². The van der Waals surface area contributed by atoms with Crippen molar-refractivity contribution in [2.24, 2.45) is 0 Å². The summed E-state index contributed by atoms with van der Waals surface area (Å²) in [5.41, 5.74) is 12.9. The maximum absolute atomic E-state index is 6.35. The van der Waals surface area contributed by atoms with Crippen LogP contribution in [0.5, 0.6) is 11.5 Å². The predicted molar refractivity (Wildman–Crippen MR) is 202 cm³/mol. The minimum atomic E-state index is 0.389. The van der Waals surface area contributed by atoms with Crippen LogP contribution in [0.15, 0.2) is 156 Å². The number of benzene rings is 7. The van der Waals surface area contributed by atoms with Gasteiger partial charge in [-0.25, -0.2) is 0 Å². The van der Waals surface area contributed by atoms with Crippen LogP contribution in [0.4, 0.5) is 0 Å². The lowest BCUT2D eigenvalue weighted by atomic mass is 9.84. The fourth-order valence-corrected chi connectivity index (χ4v) is 8.00. The molecule has 234 valence electrons. The number of nitrogens with zero attached hydrogens (tertiary/aromatic N) is 1.